The highest BCUT2D eigenvalue weighted by atomic mass is 35.5. The standard InChI is InChI=1S/C21H19ClN2O4/c1-13-4-6-15(7-5-13)10-16(12-23)21(26)28-14(2)20(25)24-18-11-17(22)8-9-19(18)27-3/h4-11,14H,1-3H3,(H,24,25)/b16-10+/t14-/m0/s1. The van der Waals surface area contributed by atoms with Crippen molar-refractivity contribution >= 4 is 35.2 Å². The quantitative estimate of drug-likeness (QED) is 0.449. The van der Waals surface area contributed by atoms with Gasteiger partial charge >= 0.3 is 5.97 Å². The third-order valence-electron chi connectivity index (χ3n) is 3.80. The Bertz CT molecular complexity index is 946. The highest BCUT2D eigenvalue weighted by Crippen LogP contribution is 2.27. The maximum Gasteiger partial charge on any atom is 0.349 e. The van der Waals surface area contributed by atoms with Crippen molar-refractivity contribution in [2.45, 2.75) is 20.0 Å². The van der Waals surface area contributed by atoms with Gasteiger partial charge in [-0.05, 0) is 43.7 Å². The average Bonchev–Trinajstić information content (AvgIpc) is 2.67. The molecule has 1 N–H and O–H groups in total. The van der Waals surface area contributed by atoms with Gasteiger partial charge in [-0.3, -0.25) is 4.79 Å². The Kier molecular flexibility index (Phi) is 7.19. The molecule has 2 aromatic carbocycles. The van der Waals surface area contributed by atoms with E-state index in [-0.39, 0.29) is 5.57 Å². The Morgan fingerprint density at radius 3 is 2.50 bits per heavy atom. The van der Waals surface area contributed by atoms with Crippen molar-refractivity contribution in [1.82, 2.24) is 0 Å². The zero-order chi connectivity index (χ0) is 20.7. The number of ether oxygens (including phenoxy) is 2. The molecule has 0 fully saturated rings. The molecule has 0 unspecified atom stereocenters. The summed E-state index contributed by atoms with van der Waals surface area (Å²) >= 11 is 5.93. The number of esters is 1. The molecule has 0 aliphatic heterocycles. The van der Waals surface area contributed by atoms with E-state index < -0.39 is 18.0 Å². The summed E-state index contributed by atoms with van der Waals surface area (Å²) in [5.74, 6) is -1.06. The summed E-state index contributed by atoms with van der Waals surface area (Å²) in [4.78, 5) is 24.6. The van der Waals surface area contributed by atoms with Crippen molar-refractivity contribution in [3.8, 4) is 11.8 Å². The molecule has 2 aromatic rings. The lowest BCUT2D eigenvalue weighted by molar-refractivity contribution is -0.148. The highest BCUT2D eigenvalue weighted by molar-refractivity contribution is 6.31. The van der Waals surface area contributed by atoms with Gasteiger partial charge in [-0.15, -0.1) is 0 Å². The van der Waals surface area contributed by atoms with Crippen molar-refractivity contribution in [1.29, 1.82) is 5.26 Å². The molecule has 0 aromatic heterocycles. The van der Waals surface area contributed by atoms with Crippen molar-refractivity contribution in [2.24, 2.45) is 0 Å². The maximum atomic E-state index is 12.3. The van der Waals surface area contributed by atoms with E-state index in [2.05, 4.69) is 5.32 Å². The van der Waals surface area contributed by atoms with E-state index >= 15 is 0 Å². The van der Waals surface area contributed by atoms with Crippen LogP contribution in [-0.2, 0) is 14.3 Å². The summed E-state index contributed by atoms with van der Waals surface area (Å²) in [6.07, 6.45) is 0.276. The Balaban J connectivity index is 2.08. The van der Waals surface area contributed by atoms with E-state index in [1.807, 2.05) is 19.1 Å². The molecule has 2 rings (SSSR count). The minimum absolute atomic E-state index is 0.205. The predicted octanol–water partition coefficient (Wildman–Crippen LogP) is 4.13. The first kappa shape index (κ1) is 21.0. The fourth-order valence-electron chi connectivity index (χ4n) is 2.26. The molecule has 144 valence electrons. The number of nitrogens with zero attached hydrogens (tertiary/aromatic N) is 1. The van der Waals surface area contributed by atoms with E-state index in [1.54, 1.807) is 30.3 Å². The van der Waals surface area contributed by atoms with Crippen LogP contribution in [0.5, 0.6) is 5.75 Å². The van der Waals surface area contributed by atoms with Crippen LogP contribution in [0.15, 0.2) is 48.0 Å². The first-order valence-corrected chi connectivity index (χ1v) is 8.75. The fourth-order valence-corrected chi connectivity index (χ4v) is 2.43. The number of hydrogen-bond donors (Lipinski definition) is 1. The molecule has 0 radical (unpaired) electrons. The number of nitriles is 1. The number of carbonyl (C=O) groups excluding carboxylic acids is 2. The van der Waals surface area contributed by atoms with Gasteiger partial charge in [0.1, 0.15) is 17.4 Å². The van der Waals surface area contributed by atoms with Gasteiger partial charge in [-0.1, -0.05) is 41.4 Å². The lowest BCUT2D eigenvalue weighted by Crippen LogP contribution is -2.30. The molecular formula is C21H19ClN2O4. The predicted molar refractivity (Wildman–Crippen MR) is 107 cm³/mol. The minimum atomic E-state index is -1.13. The van der Waals surface area contributed by atoms with E-state index in [9.17, 15) is 14.9 Å². The van der Waals surface area contributed by atoms with E-state index in [0.717, 1.165) is 5.56 Å². The molecule has 28 heavy (non-hydrogen) atoms. The lowest BCUT2D eigenvalue weighted by atomic mass is 10.1. The van der Waals surface area contributed by atoms with Gasteiger partial charge in [0, 0.05) is 5.02 Å². The molecule has 0 saturated carbocycles. The van der Waals surface area contributed by atoms with Crippen LogP contribution in [-0.4, -0.2) is 25.1 Å². The normalized spacial score (nSPS) is 11.9. The lowest BCUT2D eigenvalue weighted by Gasteiger charge is -2.15. The Labute approximate surface area is 168 Å². The van der Waals surface area contributed by atoms with Crippen molar-refractivity contribution in [2.75, 3.05) is 12.4 Å². The van der Waals surface area contributed by atoms with Crippen molar-refractivity contribution in [3.63, 3.8) is 0 Å². The molecule has 7 heteroatoms. The number of carbonyl (C=O) groups is 2. The molecule has 1 atom stereocenters. The van der Waals surface area contributed by atoms with Crippen molar-refractivity contribution in [3.05, 3.63) is 64.2 Å². The summed E-state index contributed by atoms with van der Waals surface area (Å²) in [6.45, 7) is 3.34. The number of aryl methyl sites for hydroxylation is 1. The van der Waals surface area contributed by atoms with Crippen molar-refractivity contribution < 1.29 is 19.1 Å². The minimum Gasteiger partial charge on any atom is -0.495 e. The smallest absolute Gasteiger partial charge is 0.349 e. The van der Waals surface area contributed by atoms with Gasteiger partial charge in [0.05, 0.1) is 12.8 Å². The van der Waals surface area contributed by atoms with Gasteiger partial charge in [0.2, 0.25) is 0 Å². The number of anilines is 1. The van der Waals surface area contributed by atoms with Gasteiger partial charge < -0.3 is 14.8 Å². The van der Waals surface area contributed by atoms with Crippen LogP contribution >= 0.6 is 11.6 Å². The summed E-state index contributed by atoms with van der Waals surface area (Å²) in [5.41, 5.74) is 1.88. The van der Waals surface area contributed by atoms with E-state index in [4.69, 9.17) is 21.1 Å². The maximum absolute atomic E-state index is 12.3. The van der Waals surface area contributed by atoms with Crippen LogP contribution in [0.3, 0.4) is 0 Å². The zero-order valence-corrected chi connectivity index (χ0v) is 16.4. The molecule has 0 bridgehead atoms. The molecule has 1 amide bonds. The highest BCUT2D eigenvalue weighted by Gasteiger charge is 2.21. The Morgan fingerprint density at radius 1 is 1.21 bits per heavy atom. The Morgan fingerprint density at radius 2 is 1.89 bits per heavy atom. The number of nitrogens with one attached hydrogen (secondary N) is 1. The summed E-state index contributed by atoms with van der Waals surface area (Å²) in [6, 6.07) is 13.8. The fraction of sp³-hybridized carbons (Fsp3) is 0.190. The summed E-state index contributed by atoms with van der Waals surface area (Å²) < 4.78 is 10.3. The summed E-state index contributed by atoms with van der Waals surface area (Å²) in [5, 5.41) is 12.3. The third kappa shape index (κ3) is 5.60. The van der Waals surface area contributed by atoms with Crippen LogP contribution in [0.4, 0.5) is 5.69 Å². The number of amides is 1. The molecule has 0 aliphatic rings. The largest absolute Gasteiger partial charge is 0.495 e. The van der Waals surface area contributed by atoms with Crippen LogP contribution in [0.1, 0.15) is 18.1 Å². The van der Waals surface area contributed by atoms with Crippen LogP contribution in [0, 0.1) is 18.3 Å². The number of methoxy groups -OCH3 is 1. The number of benzene rings is 2. The molecule has 0 spiro atoms. The second kappa shape index (κ2) is 9.58. The molecular weight excluding hydrogens is 380 g/mol. The van der Waals surface area contributed by atoms with Crippen LogP contribution in [0.25, 0.3) is 6.08 Å². The molecule has 0 heterocycles. The SMILES string of the molecule is COc1ccc(Cl)cc1NC(=O)[C@H](C)OC(=O)/C(C#N)=C/c1ccc(C)cc1. The van der Waals surface area contributed by atoms with Crippen LogP contribution < -0.4 is 10.1 Å². The van der Waals surface area contributed by atoms with Crippen LogP contribution in [0.2, 0.25) is 5.02 Å². The van der Waals surface area contributed by atoms with Gasteiger partial charge in [-0.2, -0.15) is 5.26 Å². The monoisotopic (exact) mass is 398 g/mol. The zero-order valence-electron chi connectivity index (χ0n) is 15.7. The average molecular weight is 399 g/mol. The molecule has 0 aliphatic carbocycles. The number of halogens is 1. The Hall–Kier alpha value is -3.30. The van der Waals surface area contributed by atoms with Gasteiger partial charge in [0.15, 0.2) is 6.10 Å². The van der Waals surface area contributed by atoms with E-state index in [0.29, 0.717) is 22.0 Å². The number of rotatable bonds is 6. The van der Waals surface area contributed by atoms with Gasteiger partial charge in [-0.25, -0.2) is 4.79 Å². The third-order valence-corrected chi connectivity index (χ3v) is 4.04. The molecule has 6 nitrogen and oxygen atoms in total. The van der Waals surface area contributed by atoms with E-state index in [1.165, 1.54) is 26.2 Å². The first-order chi connectivity index (χ1) is 13.3. The molecule has 0 saturated heterocycles. The topological polar surface area (TPSA) is 88.4 Å². The number of hydrogen-bond acceptors (Lipinski definition) is 5. The second-order valence-corrected chi connectivity index (χ2v) is 6.40. The summed E-state index contributed by atoms with van der Waals surface area (Å²) in [7, 11) is 1.46. The second-order valence-electron chi connectivity index (χ2n) is 5.96. The van der Waals surface area contributed by atoms with Gasteiger partial charge in [0.25, 0.3) is 5.91 Å². The first-order valence-electron chi connectivity index (χ1n) is 8.38.